The Morgan fingerprint density at radius 1 is 0.937 bits per heavy atom. The van der Waals surface area contributed by atoms with Gasteiger partial charge in [0.15, 0.2) is 0 Å². The van der Waals surface area contributed by atoms with Gasteiger partial charge in [0.25, 0.3) is 5.69 Å². The van der Waals surface area contributed by atoms with E-state index in [-0.39, 0.29) is 60.4 Å². The number of piperazine rings is 1. The summed E-state index contributed by atoms with van der Waals surface area (Å²) >= 11 is 0. The Morgan fingerprint density at radius 2 is 1.59 bits per heavy atom. The molecule has 5 fully saturated rings. The van der Waals surface area contributed by atoms with Gasteiger partial charge in [-0.25, -0.2) is 14.4 Å². The molecule has 6 atom stereocenters. The molecule has 2 saturated heterocycles. The molecule has 3 aliphatic carbocycles. The molecule has 2 aliphatic heterocycles. The number of carbonyl (C=O) groups is 6. The Kier molecular flexibility index (Phi) is 12.8. The number of amides is 5. The summed E-state index contributed by atoms with van der Waals surface area (Å²) < 4.78 is 30.4. The second kappa shape index (κ2) is 17.2. The first-order valence-corrected chi connectivity index (χ1v) is 21.2. The van der Waals surface area contributed by atoms with E-state index in [1.165, 1.54) is 18.1 Å². The number of nitrogens with one attached hydrogen (secondary N) is 2. The fourth-order valence-electron chi connectivity index (χ4n) is 9.33. The van der Waals surface area contributed by atoms with Gasteiger partial charge in [-0.05, 0) is 115 Å². The van der Waals surface area contributed by atoms with Crippen LogP contribution in [-0.2, 0) is 39.6 Å². The summed E-state index contributed by atoms with van der Waals surface area (Å²) in [6.45, 7) is 18.2. The molecule has 63 heavy (non-hydrogen) atoms. The van der Waals surface area contributed by atoms with Gasteiger partial charge in [0.1, 0.15) is 34.1 Å². The minimum atomic E-state index is -1.75. The first-order valence-electron chi connectivity index (χ1n) is 21.2. The molecule has 340 valence electrons. The van der Waals surface area contributed by atoms with Crippen molar-refractivity contribution in [1.82, 2.24) is 20.4 Å². The highest BCUT2D eigenvalue weighted by Crippen LogP contribution is 2.65. The van der Waals surface area contributed by atoms with Crippen LogP contribution in [0.5, 0.6) is 5.75 Å². The van der Waals surface area contributed by atoms with Crippen molar-refractivity contribution in [2.24, 2.45) is 17.3 Å². The highest BCUT2D eigenvalue weighted by Gasteiger charge is 2.68. The van der Waals surface area contributed by atoms with Crippen molar-refractivity contribution >= 4 is 48.5 Å². The Bertz CT molecular complexity index is 2200. The zero-order valence-electron chi connectivity index (χ0n) is 37.8. The molecule has 7 rings (SSSR count). The van der Waals surface area contributed by atoms with Crippen molar-refractivity contribution in [1.29, 1.82) is 0 Å². The van der Waals surface area contributed by atoms with Crippen molar-refractivity contribution in [3.63, 3.8) is 0 Å². The van der Waals surface area contributed by atoms with Crippen LogP contribution in [-0.4, -0.2) is 113 Å². The van der Waals surface area contributed by atoms with Crippen LogP contribution >= 0.6 is 0 Å². The van der Waals surface area contributed by atoms with Crippen molar-refractivity contribution in [3.05, 3.63) is 68.8 Å². The van der Waals surface area contributed by atoms with Crippen LogP contribution in [0.15, 0.2) is 36.4 Å². The van der Waals surface area contributed by atoms with E-state index in [4.69, 9.17) is 23.5 Å². The third-order valence-electron chi connectivity index (χ3n) is 12.6. The number of benzene rings is 2. The number of likely N-dealkylation sites (N-methyl/N-ethyl adjacent to an activating group) is 1. The smallest absolute Gasteiger partial charge is 0.482 e. The molecule has 1 unspecified atom stereocenters. The first kappa shape index (κ1) is 46.9. The molecule has 19 heteroatoms. The Balaban J connectivity index is 1.41. The standard InChI is InChI=1S/C44H58BN5O13/c1-12-48-18-19-49(37(53)36(48)52)40(56)47-33(24-16-17-27(29(20-24)50(57)58)38(54)60-41(2,3)4)35(51)46-32(45-62-31-23-26-22-30(43(26,8)9)44(31,10)63-45)21-25-14-13-15-28(34(25)59-11)39(55)61-42(5,6)7/h13-17,20,26,30-33H,12,18-19,21-23H2,1-11H3,(H,46,51)(H,47,56)/t26-,30-,31+,32-,33?,44-/m0/s1. The largest absolute Gasteiger partial charge is 0.496 e. The van der Waals surface area contributed by atoms with E-state index in [1.54, 1.807) is 66.7 Å². The number of imide groups is 1. The number of ether oxygens (including phenoxy) is 3. The Hall–Kier alpha value is -5.56. The number of hydrogen-bond donors (Lipinski definition) is 2. The number of esters is 2. The molecule has 5 aliphatic rings. The van der Waals surface area contributed by atoms with E-state index < -0.39 is 87.8 Å². The maximum atomic E-state index is 14.9. The van der Waals surface area contributed by atoms with Gasteiger partial charge in [0.2, 0.25) is 5.91 Å². The van der Waals surface area contributed by atoms with Gasteiger partial charge in [-0.2, -0.15) is 0 Å². The third kappa shape index (κ3) is 9.40. The van der Waals surface area contributed by atoms with Crippen LogP contribution < -0.4 is 15.4 Å². The molecule has 18 nitrogen and oxygen atoms in total. The zero-order chi connectivity index (χ0) is 46.6. The van der Waals surface area contributed by atoms with Crippen molar-refractivity contribution < 1.29 is 57.2 Å². The van der Waals surface area contributed by atoms with E-state index in [9.17, 15) is 38.9 Å². The number of para-hydroxylation sites is 1. The molecule has 2 aromatic rings. The molecule has 2 bridgehead atoms. The summed E-state index contributed by atoms with van der Waals surface area (Å²) in [4.78, 5) is 95.0. The van der Waals surface area contributed by atoms with Gasteiger partial charge in [-0.15, -0.1) is 0 Å². The van der Waals surface area contributed by atoms with Gasteiger partial charge < -0.3 is 39.1 Å². The average Bonchev–Trinajstić information content (AvgIpc) is 3.56. The topological polar surface area (TPSA) is 222 Å². The Morgan fingerprint density at radius 3 is 2.17 bits per heavy atom. The number of carbonyl (C=O) groups excluding carboxylic acids is 6. The van der Waals surface area contributed by atoms with E-state index in [0.717, 1.165) is 25.0 Å². The lowest BCUT2D eigenvalue weighted by Gasteiger charge is -2.64. The molecular weight excluding hydrogens is 817 g/mol. The van der Waals surface area contributed by atoms with Gasteiger partial charge in [0, 0.05) is 25.7 Å². The number of nitrogens with zero attached hydrogens (tertiary/aromatic N) is 3. The fourth-order valence-corrected chi connectivity index (χ4v) is 9.33. The Labute approximate surface area is 367 Å². The van der Waals surface area contributed by atoms with Gasteiger partial charge >= 0.3 is 36.9 Å². The number of rotatable bonds is 12. The van der Waals surface area contributed by atoms with Crippen LogP contribution in [0.4, 0.5) is 10.5 Å². The maximum absolute atomic E-state index is 14.9. The van der Waals surface area contributed by atoms with Crippen LogP contribution in [0.25, 0.3) is 0 Å². The second-order valence-electron chi connectivity index (χ2n) is 19.4. The predicted octanol–water partition coefficient (Wildman–Crippen LogP) is 4.95. The fraction of sp³-hybridized carbons (Fsp3) is 0.591. The summed E-state index contributed by atoms with van der Waals surface area (Å²) in [5.74, 6) is -4.88. The summed E-state index contributed by atoms with van der Waals surface area (Å²) in [5.41, 5.74) is -3.20. The third-order valence-corrected chi connectivity index (χ3v) is 12.6. The number of nitro benzene ring substituents is 1. The van der Waals surface area contributed by atoms with Crippen molar-refractivity contribution in [3.8, 4) is 5.75 Å². The summed E-state index contributed by atoms with van der Waals surface area (Å²) in [5, 5.41) is 18.0. The minimum Gasteiger partial charge on any atom is -0.496 e. The van der Waals surface area contributed by atoms with E-state index in [0.29, 0.717) is 16.4 Å². The number of hydrogen-bond acceptors (Lipinski definition) is 13. The zero-order valence-corrected chi connectivity index (χ0v) is 37.8. The molecule has 0 spiro atoms. The molecule has 0 radical (unpaired) electrons. The van der Waals surface area contributed by atoms with E-state index >= 15 is 0 Å². The average molecular weight is 876 g/mol. The van der Waals surface area contributed by atoms with Crippen molar-refractivity contribution in [2.75, 3.05) is 26.7 Å². The highest BCUT2D eigenvalue weighted by atomic mass is 16.7. The molecule has 2 N–H and O–H groups in total. The number of methoxy groups -OCH3 is 1. The number of nitro groups is 1. The van der Waals surface area contributed by atoms with Crippen LogP contribution in [0.3, 0.4) is 0 Å². The van der Waals surface area contributed by atoms with Crippen LogP contribution in [0, 0.1) is 27.4 Å². The monoisotopic (exact) mass is 875 g/mol. The first-order chi connectivity index (χ1) is 29.3. The molecule has 5 amide bonds. The van der Waals surface area contributed by atoms with Crippen LogP contribution in [0.1, 0.15) is 120 Å². The maximum Gasteiger partial charge on any atom is 0.482 e. The molecular formula is C44H58BN5O13. The number of urea groups is 1. The molecule has 2 aromatic carbocycles. The lowest BCUT2D eigenvalue weighted by molar-refractivity contribution is -0.385. The van der Waals surface area contributed by atoms with Crippen molar-refractivity contribution in [2.45, 2.75) is 123 Å². The molecule has 3 saturated carbocycles. The SMILES string of the molecule is CCN1CCN(C(=O)NC(C(=O)N[C@@H](Cc2cccc(C(=O)OC(C)(C)C)c2OC)B2O[C@@H]3C[C@@H]4C[C@@H](C4(C)C)[C@]3(C)O2)c2ccc(C(=O)OC(C)(C)C)c([N+](=O)[O-])c2)C(=O)C1=O. The summed E-state index contributed by atoms with van der Waals surface area (Å²) in [6, 6.07) is 5.41. The van der Waals surface area contributed by atoms with E-state index in [2.05, 4.69) is 24.5 Å². The quantitative estimate of drug-likeness (QED) is 0.0949. The van der Waals surface area contributed by atoms with Gasteiger partial charge in [0.05, 0.1) is 29.7 Å². The predicted molar refractivity (Wildman–Crippen MR) is 227 cm³/mol. The minimum absolute atomic E-state index is 0.0236. The summed E-state index contributed by atoms with van der Waals surface area (Å²) in [7, 11) is 0.329. The molecule has 2 heterocycles. The normalized spacial score (nSPS) is 23.8. The molecule has 0 aromatic heterocycles. The van der Waals surface area contributed by atoms with E-state index in [1.807, 2.05) is 6.92 Å². The van der Waals surface area contributed by atoms with Crippen LogP contribution in [0.2, 0.25) is 0 Å². The second-order valence-corrected chi connectivity index (χ2v) is 19.4. The van der Waals surface area contributed by atoms with Gasteiger partial charge in [-0.1, -0.05) is 32.0 Å². The van der Waals surface area contributed by atoms with Gasteiger partial charge in [-0.3, -0.25) is 29.4 Å². The summed E-state index contributed by atoms with van der Waals surface area (Å²) in [6.07, 6.45) is 1.30. The highest BCUT2D eigenvalue weighted by molar-refractivity contribution is 6.48. The lowest BCUT2D eigenvalue weighted by Crippen LogP contribution is -2.65. The lowest BCUT2D eigenvalue weighted by atomic mass is 9.43.